The van der Waals surface area contributed by atoms with Crippen LogP contribution in [0.25, 0.3) is 0 Å². The van der Waals surface area contributed by atoms with Crippen molar-refractivity contribution in [3.8, 4) is 0 Å². The molecule has 1 aliphatic heterocycles. The first-order chi connectivity index (χ1) is 9.76. The SMILES string of the molecule is Brc1cccc(CNC2CCOC3(CCCCC3)C2)c1. The molecule has 1 unspecified atom stereocenters. The highest BCUT2D eigenvalue weighted by molar-refractivity contribution is 9.10. The molecule has 2 aliphatic rings. The summed E-state index contributed by atoms with van der Waals surface area (Å²) in [6.45, 7) is 1.89. The lowest BCUT2D eigenvalue weighted by Crippen LogP contribution is -2.47. The molecule has 0 radical (unpaired) electrons. The molecule has 1 aromatic carbocycles. The van der Waals surface area contributed by atoms with Crippen LogP contribution in [0.4, 0.5) is 0 Å². The normalized spacial score (nSPS) is 25.8. The molecule has 1 heterocycles. The van der Waals surface area contributed by atoms with E-state index in [1.165, 1.54) is 44.1 Å². The van der Waals surface area contributed by atoms with E-state index in [0.717, 1.165) is 24.0 Å². The predicted octanol–water partition coefficient (Wildman–Crippen LogP) is 4.42. The van der Waals surface area contributed by atoms with Gasteiger partial charge in [-0.2, -0.15) is 0 Å². The van der Waals surface area contributed by atoms with Crippen LogP contribution in [0.15, 0.2) is 28.7 Å². The third-order valence-corrected chi connectivity index (χ3v) is 5.23. The van der Waals surface area contributed by atoms with E-state index in [-0.39, 0.29) is 5.60 Å². The van der Waals surface area contributed by atoms with Gasteiger partial charge in [0, 0.05) is 23.7 Å². The van der Waals surface area contributed by atoms with E-state index in [0.29, 0.717) is 6.04 Å². The van der Waals surface area contributed by atoms with Crippen LogP contribution in [-0.4, -0.2) is 18.2 Å². The Bertz CT molecular complexity index is 437. The summed E-state index contributed by atoms with van der Waals surface area (Å²) in [7, 11) is 0. The Labute approximate surface area is 130 Å². The minimum absolute atomic E-state index is 0.200. The van der Waals surface area contributed by atoms with Crippen molar-refractivity contribution < 1.29 is 4.74 Å². The third-order valence-electron chi connectivity index (χ3n) is 4.74. The highest BCUT2D eigenvalue weighted by atomic mass is 79.9. The Morgan fingerprint density at radius 1 is 1.25 bits per heavy atom. The van der Waals surface area contributed by atoms with Crippen molar-refractivity contribution in [1.82, 2.24) is 5.32 Å². The van der Waals surface area contributed by atoms with Crippen LogP contribution in [0, 0.1) is 0 Å². The summed E-state index contributed by atoms with van der Waals surface area (Å²) in [5, 5.41) is 3.74. The minimum Gasteiger partial charge on any atom is -0.375 e. The second-order valence-electron chi connectivity index (χ2n) is 6.29. The topological polar surface area (TPSA) is 21.3 Å². The molecule has 0 amide bonds. The zero-order chi connectivity index (χ0) is 13.8. The average Bonchev–Trinajstić information content (AvgIpc) is 2.46. The molecule has 20 heavy (non-hydrogen) atoms. The Morgan fingerprint density at radius 2 is 2.10 bits per heavy atom. The molecule has 110 valence electrons. The average molecular weight is 338 g/mol. The number of hydrogen-bond acceptors (Lipinski definition) is 2. The molecule has 3 rings (SSSR count). The summed E-state index contributed by atoms with van der Waals surface area (Å²) in [5.74, 6) is 0. The Balaban J connectivity index is 1.55. The van der Waals surface area contributed by atoms with Crippen molar-refractivity contribution in [2.45, 2.75) is 63.1 Å². The predicted molar refractivity (Wildman–Crippen MR) is 85.8 cm³/mol. The summed E-state index contributed by atoms with van der Waals surface area (Å²) >= 11 is 3.54. The first kappa shape index (κ1) is 14.6. The van der Waals surface area contributed by atoms with Crippen molar-refractivity contribution in [1.29, 1.82) is 0 Å². The molecule has 1 atom stereocenters. The molecule has 0 aromatic heterocycles. The lowest BCUT2D eigenvalue weighted by atomic mass is 9.78. The van der Waals surface area contributed by atoms with E-state index < -0.39 is 0 Å². The first-order valence-corrected chi connectivity index (χ1v) is 8.67. The highest BCUT2D eigenvalue weighted by Crippen LogP contribution is 2.38. The van der Waals surface area contributed by atoms with Crippen molar-refractivity contribution in [3.05, 3.63) is 34.3 Å². The van der Waals surface area contributed by atoms with Crippen LogP contribution < -0.4 is 5.32 Å². The summed E-state index contributed by atoms with van der Waals surface area (Å²) in [6.07, 6.45) is 8.96. The lowest BCUT2D eigenvalue weighted by molar-refractivity contribution is -0.109. The van der Waals surface area contributed by atoms with E-state index in [1.807, 2.05) is 0 Å². The molecule has 1 N–H and O–H groups in total. The maximum Gasteiger partial charge on any atom is 0.0697 e. The molecular weight excluding hydrogens is 314 g/mol. The Kier molecular flexibility index (Phi) is 4.79. The number of ether oxygens (including phenoxy) is 1. The summed E-state index contributed by atoms with van der Waals surface area (Å²) in [5.41, 5.74) is 1.55. The fraction of sp³-hybridized carbons (Fsp3) is 0.647. The quantitative estimate of drug-likeness (QED) is 0.881. The maximum absolute atomic E-state index is 6.16. The van der Waals surface area contributed by atoms with E-state index in [9.17, 15) is 0 Å². The Hall–Kier alpha value is -0.380. The molecule has 2 fully saturated rings. The molecule has 1 saturated carbocycles. The van der Waals surface area contributed by atoms with Gasteiger partial charge in [0.1, 0.15) is 0 Å². The number of rotatable bonds is 3. The van der Waals surface area contributed by atoms with Gasteiger partial charge >= 0.3 is 0 Å². The van der Waals surface area contributed by atoms with E-state index in [1.54, 1.807) is 0 Å². The van der Waals surface area contributed by atoms with Crippen LogP contribution >= 0.6 is 15.9 Å². The molecule has 0 bridgehead atoms. The number of benzene rings is 1. The summed E-state index contributed by atoms with van der Waals surface area (Å²) < 4.78 is 7.32. The molecule has 1 aromatic rings. The van der Waals surface area contributed by atoms with Gasteiger partial charge < -0.3 is 10.1 Å². The fourth-order valence-corrected chi connectivity index (χ4v) is 4.10. The van der Waals surface area contributed by atoms with E-state index in [2.05, 4.69) is 45.5 Å². The van der Waals surface area contributed by atoms with Crippen LogP contribution in [-0.2, 0) is 11.3 Å². The number of nitrogens with one attached hydrogen (secondary N) is 1. The Morgan fingerprint density at radius 3 is 2.90 bits per heavy atom. The van der Waals surface area contributed by atoms with Crippen LogP contribution in [0.2, 0.25) is 0 Å². The van der Waals surface area contributed by atoms with Gasteiger partial charge in [0.15, 0.2) is 0 Å². The summed E-state index contributed by atoms with van der Waals surface area (Å²) in [4.78, 5) is 0. The van der Waals surface area contributed by atoms with Crippen LogP contribution in [0.5, 0.6) is 0 Å². The zero-order valence-corrected chi connectivity index (χ0v) is 13.6. The van der Waals surface area contributed by atoms with Gasteiger partial charge in [-0.1, -0.05) is 47.3 Å². The molecule has 3 heteroatoms. The summed E-state index contributed by atoms with van der Waals surface area (Å²) in [6, 6.07) is 9.18. The van der Waals surface area contributed by atoms with Crippen molar-refractivity contribution in [3.63, 3.8) is 0 Å². The van der Waals surface area contributed by atoms with Crippen molar-refractivity contribution >= 4 is 15.9 Å². The van der Waals surface area contributed by atoms with Crippen LogP contribution in [0.1, 0.15) is 50.5 Å². The molecule has 2 nitrogen and oxygen atoms in total. The van der Waals surface area contributed by atoms with E-state index in [4.69, 9.17) is 4.74 Å². The van der Waals surface area contributed by atoms with Gasteiger partial charge in [-0.05, 0) is 43.4 Å². The number of hydrogen-bond donors (Lipinski definition) is 1. The van der Waals surface area contributed by atoms with Gasteiger partial charge in [-0.3, -0.25) is 0 Å². The lowest BCUT2D eigenvalue weighted by Gasteiger charge is -2.43. The molecule has 1 aliphatic carbocycles. The maximum atomic E-state index is 6.16. The van der Waals surface area contributed by atoms with Crippen LogP contribution in [0.3, 0.4) is 0 Å². The minimum atomic E-state index is 0.200. The second-order valence-corrected chi connectivity index (χ2v) is 7.21. The van der Waals surface area contributed by atoms with Gasteiger partial charge in [-0.15, -0.1) is 0 Å². The van der Waals surface area contributed by atoms with Gasteiger partial charge in [0.2, 0.25) is 0 Å². The highest BCUT2D eigenvalue weighted by Gasteiger charge is 2.38. The molecule has 1 saturated heterocycles. The molecular formula is C17H24BrNO. The third kappa shape index (κ3) is 3.63. The molecule has 1 spiro atoms. The second kappa shape index (κ2) is 6.59. The number of halogens is 1. The van der Waals surface area contributed by atoms with E-state index >= 15 is 0 Å². The van der Waals surface area contributed by atoms with Gasteiger partial charge in [-0.25, -0.2) is 0 Å². The van der Waals surface area contributed by atoms with Crippen molar-refractivity contribution in [2.75, 3.05) is 6.61 Å². The smallest absolute Gasteiger partial charge is 0.0697 e. The standard InChI is InChI=1S/C17H24BrNO/c18-15-6-4-5-14(11-15)13-19-16-7-10-20-17(12-16)8-2-1-3-9-17/h4-6,11,16,19H,1-3,7-10,12-13H2. The first-order valence-electron chi connectivity index (χ1n) is 7.88. The van der Waals surface area contributed by atoms with Crippen molar-refractivity contribution in [2.24, 2.45) is 0 Å². The largest absolute Gasteiger partial charge is 0.375 e. The monoisotopic (exact) mass is 337 g/mol. The van der Waals surface area contributed by atoms with Gasteiger partial charge in [0.25, 0.3) is 0 Å². The zero-order valence-electron chi connectivity index (χ0n) is 12.0. The fourth-order valence-electron chi connectivity index (χ4n) is 3.66. The van der Waals surface area contributed by atoms with Gasteiger partial charge in [0.05, 0.1) is 5.60 Å².